The molecule has 9 aromatic rings. The van der Waals surface area contributed by atoms with Crippen LogP contribution in [0.3, 0.4) is 0 Å². The summed E-state index contributed by atoms with van der Waals surface area (Å²) in [6.45, 7) is 0. The molecule has 6 nitrogen and oxygen atoms in total. The van der Waals surface area contributed by atoms with Gasteiger partial charge in [-0.1, -0.05) is 127 Å². The molecular weight excluding hydrogens is 716 g/mol. The third kappa shape index (κ3) is 7.81. The minimum Gasteiger partial charge on any atom is -0.295 e. The fraction of sp³-hybridized carbons (Fsp3) is 0. The Labute approximate surface area is 334 Å². The van der Waals surface area contributed by atoms with Crippen LogP contribution in [0.2, 0.25) is 0 Å². The van der Waals surface area contributed by atoms with Crippen molar-refractivity contribution in [1.82, 2.24) is 19.9 Å². The molecule has 0 bridgehead atoms. The molecule has 0 aliphatic carbocycles. The normalized spacial score (nSPS) is 11.0. The number of hydrogen-bond acceptors (Lipinski definition) is 6. The van der Waals surface area contributed by atoms with Gasteiger partial charge in [0.05, 0.1) is 33.6 Å². The topological polar surface area (TPSA) is 58.0 Å². The van der Waals surface area contributed by atoms with Crippen LogP contribution in [0.4, 0.5) is 34.4 Å². The Morgan fingerprint density at radius 2 is 0.561 bits per heavy atom. The molecule has 4 heterocycles. The van der Waals surface area contributed by atoms with Crippen molar-refractivity contribution in [2.45, 2.75) is 0 Å². The van der Waals surface area contributed by atoms with E-state index in [1.54, 1.807) is 0 Å². The van der Waals surface area contributed by atoms with Crippen LogP contribution in [0.1, 0.15) is 0 Å². The lowest BCUT2D eigenvalue weighted by atomic mass is 10.2. The molecule has 5 aromatic carbocycles. The minimum atomic E-state index is -1.14. The second-order valence-corrected chi connectivity index (χ2v) is 15.3. The summed E-state index contributed by atoms with van der Waals surface area (Å²) < 4.78 is 0. The number of nitrogens with zero attached hydrogens (tertiary/aromatic N) is 6. The summed E-state index contributed by atoms with van der Waals surface area (Å²) >= 11 is 0. The molecule has 0 aliphatic rings. The third-order valence-corrected chi connectivity index (χ3v) is 11.7. The summed E-state index contributed by atoms with van der Waals surface area (Å²) in [5, 5.41) is 1.16. The van der Waals surface area contributed by atoms with Crippen molar-refractivity contribution in [2.75, 3.05) is 9.80 Å². The van der Waals surface area contributed by atoms with Crippen LogP contribution < -0.4 is 26.0 Å². The van der Waals surface area contributed by atoms with E-state index in [0.29, 0.717) is 0 Å². The van der Waals surface area contributed by atoms with Crippen molar-refractivity contribution in [2.24, 2.45) is 0 Å². The SMILES string of the molecule is c1ccc(N(c2ccccc2)c2cccc(-c3cccc(P(c4ccccc4)c4cccc(-c5cccc(N(c6ccccc6)c6ccccc6)n5)n4)n3)n2)cc1. The van der Waals surface area contributed by atoms with Gasteiger partial charge in [0.25, 0.3) is 0 Å². The summed E-state index contributed by atoms with van der Waals surface area (Å²) in [5.41, 5.74) is 9.17. The van der Waals surface area contributed by atoms with Crippen molar-refractivity contribution in [3.8, 4) is 22.8 Å². The predicted molar refractivity (Wildman–Crippen MR) is 237 cm³/mol. The molecule has 0 radical (unpaired) electrons. The number of pyridine rings is 4. The molecule has 0 amide bonds. The van der Waals surface area contributed by atoms with Crippen LogP contribution in [0.25, 0.3) is 22.8 Å². The Balaban J connectivity index is 1.09. The summed E-state index contributed by atoms with van der Waals surface area (Å²) in [5.74, 6) is 1.62. The average molecular weight is 753 g/mol. The summed E-state index contributed by atoms with van der Waals surface area (Å²) in [7, 11) is -1.14. The van der Waals surface area contributed by atoms with Gasteiger partial charge in [0, 0.05) is 30.7 Å². The van der Waals surface area contributed by atoms with E-state index in [0.717, 1.165) is 73.3 Å². The molecule has 0 saturated carbocycles. The van der Waals surface area contributed by atoms with Gasteiger partial charge >= 0.3 is 0 Å². The minimum absolute atomic E-state index is 0.790. The first-order valence-corrected chi connectivity index (χ1v) is 20.2. The Hall–Kier alpha value is -7.27. The van der Waals surface area contributed by atoms with Crippen molar-refractivity contribution in [3.05, 3.63) is 224 Å². The number of benzene rings is 5. The Kier molecular flexibility index (Phi) is 10.3. The number of hydrogen-bond donors (Lipinski definition) is 0. The lowest BCUT2D eigenvalue weighted by molar-refractivity contribution is 1.17. The molecule has 9 rings (SSSR count). The quantitative estimate of drug-likeness (QED) is 0.123. The molecule has 272 valence electrons. The first-order chi connectivity index (χ1) is 28.3. The number of para-hydroxylation sites is 4. The maximum absolute atomic E-state index is 5.33. The highest BCUT2D eigenvalue weighted by molar-refractivity contribution is 7.79. The van der Waals surface area contributed by atoms with Crippen molar-refractivity contribution in [3.63, 3.8) is 0 Å². The molecule has 0 N–H and O–H groups in total. The fourth-order valence-corrected chi connectivity index (χ4v) is 8.98. The standard InChI is InChI=1S/C50H37N6P/c1-6-20-38(21-7-1)55(39-22-8-2-9-23-39)47-34-16-30-43(51-47)45-32-18-36-49(53-45)57(42-28-14-5-15-29-42)50-37-19-33-46(54-50)44-31-17-35-48(52-44)56(40-24-10-3-11-25-40)41-26-12-4-13-27-41/h1-37H. The fourth-order valence-electron chi connectivity index (χ4n) is 6.86. The van der Waals surface area contributed by atoms with Crippen LogP contribution >= 0.6 is 7.92 Å². The largest absolute Gasteiger partial charge is 0.295 e. The second-order valence-electron chi connectivity index (χ2n) is 13.2. The summed E-state index contributed by atoms with van der Waals surface area (Å²) in [6.07, 6.45) is 0. The summed E-state index contributed by atoms with van der Waals surface area (Å²) in [6, 6.07) is 76.5. The lowest BCUT2D eigenvalue weighted by Gasteiger charge is -2.24. The number of anilines is 6. The Bertz CT molecular complexity index is 2450. The van der Waals surface area contributed by atoms with Crippen LogP contribution in [0, 0.1) is 0 Å². The van der Waals surface area contributed by atoms with E-state index in [1.807, 2.05) is 127 Å². The molecule has 0 unspecified atom stereocenters. The maximum Gasteiger partial charge on any atom is 0.138 e. The van der Waals surface area contributed by atoms with Crippen LogP contribution in [0.15, 0.2) is 224 Å². The van der Waals surface area contributed by atoms with Gasteiger partial charge in [-0.15, -0.1) is 0 Å². The molecule has 0 fully saturated rings. The van der Waals surface area contributed by atoms with E-state index in [4.69, 9.17) is 19.9 Å². The lowest BCUT2D eigenvalue weighted by Crippen LogP contribution is -2.25. The van der Waals surface area contributed by atoms with E-state index >= 15 is 0 Å². The smallest absolute Gasteiger partial charge is 0.138 e. The van der Waals surface area contributed by atoms with Gasteiger partial charge < -0.3 is 0 Å². The van der Waals surface area contributed by atoms with Crippen molar-refractivity contribution in [1.29, 1.82) is 0 Å². The van der Waals surface area contributed by atoms with Gasteiger partial charge in [0.1, 0.15) is 11.6 Å². The zero-order valence-corrected chi connectivity index (χ0v) is 31.9. The second kappa shape index (κ2) is 16.6. The molecule has 0 aliphatic heterocycles. The highest BCUT2D eigenvalue weighted by Gasteiger charge is 2.22. The van der Waals surface area contributed by atoms with E-state index in [-0.39, 0.29) is 0 Å². The maximum atomic E-state index is 5.33. The zero-order chi connectivity index (χ0) is 38.2. The molecule has 0 atom stereocenters. The molecule has 57 heavy (non-hydrogen) atoms. The molecular formula is C50H37N6P. The Morgan fingerprint density at radius 3 is 0.912 bits per heavy atom. The molecule has 4 aromatic heterocycles. The predicted octanol–water partition coefficient (Wildman–Crippen LogP) is 11.3. The van der Waals surface area contributed by atoms with E-state index in [1.165, 1.54) is 0 Å². The van der Waals surface area contributed by atoms with E-state index in [9.17, 15) is 0 Å². The monoisotopic (exact) mass is 752 g/mol. The average Bonchev–Trinajstić information content (AvgIpc) is 3.29. The van der Waals surface area contributed by atoms with Gasteiger partial charge in [-0.2, -0.15) is 0 Å². The van der Waals surface area contributed by atoms with Gasteiger partial charge in [0.2, 0.25) is 0 Å². The number of aromatic nitrogens is 4. The van der Waals surface area contributed by atoms with Gasteiger partial charge in [-0.3, -0.25) is 9.80 Å². The van der Waals surface area contributed by atoms with Crippen molar-refractivity contribution < 1.29 is 0 Å². The molecule has 0 saturated heterocycles. The highest BCUT2D eigenvalue weighted by atomic mass is 31.1. The van der Waals surface area contributed by atoms with Crippen LogP contribution in [-0.2, 0) is 0 Å². The van der Waals surface area contributed by atoms with Gasteiger partial charge in [-0.05, 0) is 102 Å². The van der Waals surface area contributed by atoms with E-state index < -0.39 is 7.92 Å². The van der Waals surface area contributed by atoms with Gasteiger partial charge in [0.15, 0.2) is 0 Å². The Morgan fingerprint density at radius 1 is 0.263 bits per heavy atom. The number of rotatable bonds is 11. The first kappa shape index (κ1) is 35.4. The summed E-state index contributed by atoms with van der Waals surface area (Å²) in [4.78, 5) is 25.4. The molecule has 7 heteroatoms. The molecule has 0 spiro atoms. The highest BCUT2D eigenvalue weighted by Crippen LogP contribution is 2.37. The van der Waals surface area contributed by atoms with Crippen LogP contribution in [0.5, 0.6) is 0 Å². The first-order valence-electron chi connectivity index (χ1n) is 18.8. The van der Waals surface area contributed by atoms with E-state index in [2.05, 4.69) is 107 Å². The third-order valence-electron chi connectivity index (χ3n) is 9.45. The van der Waals surface area contributed by atoms with Gasteiger partial charge in [-0.25, -0.2) is 19.9 Å². The van der Waals surface area contributed by atoms with Crippen molar-refractivity contribution >= 4 is 58.5 Å². The zero-order valence-electron chi connectivity index (χ0n) is 31.0. The van der Waals surface area contributed by atoms with Crippen LogP contribution in [-0.4, -0.2) is 19.9 Å².